The Morgan fingerprint density at radius 2 is 1.91 bits per heavy atom. The normalized spacial score (nSPS) is 16.4. The Kier molecular flexibility index (Phi) is 6.85. The zero-order valence-electron chi connectivity index (χ0n) is 19.1. The Labute approximate surface area is 197 Å². The molecule has 34 heavy (non-hydrogen) atoms. The number of carbonyl (C=O) groups excluding carboxylic acids is 1. The number of carbonyl (C=O) groups is 1. The van der Waals surface area contributed by atoms with Gasteiger partial charge in [0.25, 0.3) is 5.89 Å². The van der Waals surface area contributed by atoms with Gasteiger partial charge in [0, 0.05) is 12.6 Å². The van der Waals surface area contributed by atoms with Crippen molar-refractivity contribution in [1.82, 2.24) is 14.4 Å². The highest BCUT2D eigenvalue weighted by atomic mass is 32.2. The molecule has 1 aliphatic heterocycles. The number of ether oxygens (including phenoxy) is 3. The first-order valence-corrected chi connectivity index (χ1v) is 12.1. The molecule has 0 bridgehead atoms. The van der Waals surface area contributed by atoms with Gasteiger partial charge in [-0.2, -0.15) is 9.29 Å². The van der Waals surface area contributed by atoms with Crippen LogP contribution in [0.4, 0.5) is 0 Å². The van der Waals surface area contributed by atoms with Crippen molar-refractivity contribution in [3.63, 3.8) is 0 Å². The van der Waals surface area contributed by atoms with Gasteiger partial charge >= 0.3 is 5.97 Å². The smallest absolute Gasteiger partial charge is 0.324 e. The largest absolute Gasteiger partial charge is 0.497 e. The van der Waals surface area contributed by atoms with Crippen LogP contribution in [-0.2, 0) is 26.2 Å². The molecule has 180 valence electrons. The molecule has 0 aliphatic carbocycles. The topological polar surface area (TPSA) is 121 Å². The molecule has 1 fully saturated rings. The van der Waals surface area contributed by atoms with Crippen molar-refractivity contribution in [3.05, 3.63) is 53.9 Å². The van der Waals surface area contributed by atoms with Crippen LogP contribution >= 0.6 is 0 Å². The summed E-state index contributed by atoms with van der Waals surface area (Å²) in [5.74, 6) is 0.781. The SMILES string of the molecule is COc1ccc(-c2noc(COC(=O)C3CCCN3S(=O)(=O)c3ccc(C)cc3)n2)c(OC)c1. The van der Waals surface area contributed by atoms with Crippen LogP contribution in [0.1, 0.15) is 24.3 Å². The van der Waals surface area contributed by atoms with E-state index in [4.69, 9.17) is 18.7 Å². The monoisotopic (exact) mass is 487 g/mol. The van der Waals surface area contributed by atoms with Gasteiger partial charge in [0.2, 0.25) is 15.8 Å². The van der Waals surface area contributed by atoms with Crippen LogP contribution < -0.4 is 9.47 Å². The number of rotatable bonds is 8. The molecular weight excluding hydrogens is 462 g/mol. The predicted molar refractivity (Wildman–Crippen MR) is 121 cm³/mol. The Morgan fingerprint density at radius 3 is 2.62 bits per heavy atom. The van der Waals surface area contributed by atoms with E-state index in [-0.39, 0.29) is 29.8 Å². The second-order valence-electron chi connectivity index (χ2n) is 7.77. The summed E-state index contributed by atoms with van der Waals surface area (Å²) in [4.78, 5) is 17.2. The molecule has 1 aromatic heterocycles. The quantitative estimate of drug-likeness (QED) is 0.441. The summed E-state index contributed by atoms with van der Waals surface area (Å²) in [6.07, 6.45) is 0.939. The molecule has 4 rings (SSSR count). The number of aryl methyl sites for hydroxylation is 1. The zero-order chi connectivity index (χ0) is 24.3. The number of methoxy groups -OCH3 is 2. The van der Waals surface area contributed by atoms with Crippen molar-refractivity contribution in [1.29, 1.82) is 0 Å². The molecule has 0 spiro atoms. The minimum absolute atomic E-state index is 0.0761. The number of esters is 1. The van der Waals surface area contributed by atoms with E-state index in [1.165, 1.54) is 11.4 Å². The molecule has 3 aromatic rings. The molecule has 0 N–H and O–H groups in total. The summed E-state index contributed by atoms with van der Waals surface area (Å²) < 4.78 is 48.4. The Balaban J connectivity index is 1.44. The molecule has 2 aromatic carbocycles. The third-order valence-corrected chi connectivity index (χ3v) is 7.48. The number of nitrogens with zero attached hydrogens (tertiary/aromatic N) is 3. The minimum Gasteiger partial charge on any atom is -0.497 e. The van der Waals surface area contributed by atoms with E-state index in [0.717, 1.165) is 5.56 Å². The highest BCUT2D eigenvalue weighted by Crippen LogP contribution is 2.32. The molecular formula is C23H25N3O7S. The molecule has 1 saturated heterocycles. The summed E-state index contributed by atoms with van der Waals surface area (Å²) in [5.41, 5.74) is 1.53. The molecule has 0 radical (unpaired) electrons. The van der Waals surface area contributed by atoms with Crippen molar-refractivity contribution in [2.45, 2.75) is 37.3 Å². The van der Waals surface area contributed by atoms with E-state index in [9.17, 15) is 13.2 Å². The van der Waals surface area contributed by atoms with E-state index >= 15 is 0 Å². The summed E-state index contributed by atoms with van der Waals surface area (Å²) >= 11 is 0. The van der Waals surface area contributed by atoms with Crippen LogP contribution in [0.3, 0.4) is 0 Å². The third kappa shape index (κ3) is 4.75. The lowest BCUT2D eigenvalue weighted by molar-refractivity contribution is -0.149. The van der Waals surface area contributed by atoms with Gasteiger partial charge < -0.3 is 18.7 Å². The molecule has 11 heteroatoms. The van der Waals surface area contributed by atoms with Gasteiger partial charge in [-0.3, -0.25) is 4.79 Å². The van der Waals surface area contributed by atoms with Crippen molar-refractivity contribution >= 4 is 16.0 Å². The summed E-state index contributed by atoms with van der Waals surface area (Å²) in [6, 6.07) is 10.8. The maximum absolute atomic E-state index is 13.1. The minimum atomic E-state index is -3.82. The van der Waals surface area contributed by atoms with Crippen molar-refractivity contribution < 1.29 is 31.9 Å². The highest BCUT2D eigenvalue weighted by molar-refractivity contribution is 7.89. The number of aromatic nitrogens is 2. The van der Waals surface area contributed by atoms with Gasteiger partial charge in [-0.05, 0) is 44.0 Å². The van der Waals surface area contributed by atoms with Crippen LogP contribution in [0.15, 0.2) is 51.9 Å². The van der Waals surface area contributed by atoms with Crippen LogP contribution in [0.2, 0.25) is 0 Å². The fourth-order valence-corrected chi connectivity index (χ4v) is 5.39. The number of hydrogen-bond donors (Lipinski definition) is 0. The number of sulfonamides is 1. The van der Waals surface area contributed by atoms with Crippen LogP contribution in [0, 0.1) is 6.92 Å². The fraction of sp³-hybridized carbons (Fsp3) is 0.348. The summed E-state index contributed by atoms with van der Waals surface area (Å²) in [6.45, 7) is 1.84. The number of hydrogen-bond acceptors (Lipinski definition) is 9. The van der Waals surface area contributed by atoms with Crippen LogP contribution in [-0.4, -0.2) is 55.6 Å². The predicted octanol–water partition coefficient (Wildman–Crippen LogP) is 2.96. The molecule has 2 heterocycles. The zero-order valence-corrected chi connectivity index (χ0v) is 19.9. The van der Waals surface area contributed by atoms with E-state index < -0.39 is 22.0 Å². The average Bonchev–Trinajstić information content (AvgIpc) is 3.53. The molecule has 1 aliphatic rings. The van der Waals surface area contributed by atoms with Gasteiger partial charge in [-0.1, -0.05) is 22.9 Å². The van der Waals surface area contributed by atoms with E-state index in [2.05, 4.69) is 10.1 Å². The Hall–Kier alpha value is -3.44. The molecule has 10 nitrogen and oxygen atoms in total. The Bertz CT molecular complexity index is 1270. The first-order chi connectivity index (χ1) is 16.3. The van der Waals surface area contributed by atoms with Crippen LogP contribution in [0.5, 0.6) is 11.5 Å². The van der Waals surface area contributed by atoms with E-state index in [0.29, 0.717) is 29.9 Å². The van der Waals surface area contributed by atoms with E-state index in [1.54, 1.807) is 49.6 Å². The standard InChI is InChI=1S/C23H25N3O7S/c1-15-6-9-17(10-7-15)34(28,29)26-12-4-5-19(26)23(27)32-14-21-24-22(25-33-21)18-11-8-16(30-2)13-20(18)31-3/h6-11,13,19H,4-5,12,14H2,1-3H3. The molecule has 0 amide bonds. The summed E-state index contributed by atoms with van der Waals surface area (Å²) in [7, 11) is -0.760. The lowest BCUT2D eigenvalue weighted by atomic mass is 10.2. The first-order valence-electron chi connectivity index (χ1n) is 10.6. The van der Waals surface area contributed by atoms with Crippen molar-refractivity contribution in [2.24, 2.45) is 0 Å². The summed E-state index contributed by atoms with van der Waals surface area (Å²) in [5, 5.41) is 3.92. The van der Waals surface area contributed by atoms with Gasteiger partial charge in [0.1, 0.15) is 17.5 Å². The first kappa shape index (κ1) is 23.7. The molecule has 0 saturated carbocycles. The fourth-order valence-electron chi connectivity index (χ4n) is 3.74. The third-order valence-electron chi connectivity index (χ3n) is 5.56. The van der Waals surface area contributed by atoms with Gasteiger partial charge in [-0.15, -0.1) is 0 Å². The van der Waals surface area contributed by atoms with Crippen molar-refractivity contribution in [2.75, 3.05) is 20.8 Å². The number of benzene rings is 2. The maximum atomic E-state index is 13.1. The van der Waals surface area contributed by atoms with Crippen molar-refractivity contribution in [3.8, 4) is 22.9 Å². The average molecular weight is 488 g/mol. The van der Waals surface area contributed by atoms with Gasteiger partial charge in [0.05, 0.1) is 24.7 Å². The maximum Gasteiger partial charge on any atom is 0.324 e. The lowest BCUT2D eigenvalue weighted by Gasteiger charge is -2.22. The lowest BCUT2D eigenvalue weighted by Crippen LogP contribution is -2.41. The van der Waals surface area contributed by atoms with Gasteiger partial charge in [0.15, 0.2) is 6.61 Å². The Morgan fingerprint density at radius 1 is 1.15 bits per heavy atom. The second-order valence-corrected chi connectivity index (χ2v) is 9.66. The molecule has 1 atom stereocenters. The molecule has 1 unspecified atom stereocenters. The van der Waals surface area contributed by atoms with E-state index in [1.807, 2.05) is 6.92 Å². The van der Waals surface area contributed by atoms with Gasteiger partial charge in [-0.25, -0.2) is 8.42 Å². The van der Waals surface area contributed by atoms with Crippen LogP contribution in [0.25, 0.3) is 11.4 Å². The second kappa shape index (κ2) is 9.82. The highest BCUT2D eigenvalue weighted by Gasteiger charge is 2.40.